The number of carbonyl (C=O) groups is 1. The number of hydrogen-bond donors (Lipinski definition) is 1. The number of nitrogens with one attached hydrogen (secondary N) is 1. The second kappa shape index (κ2) is 8.17. The Hall–Kier alpha value is -2.63. The second-order valence-corrected chi connectivity index (χ2v) is 7.04. The van der Waals surface area contributed by atoms with Crippen LogP contribution in [0.2, 0.25) is 0 Å². The number of anilines is 3. The Morgan fingerprint density at radius 1 is 1.04 bits per heavy atom. The highest BCUT2D eigenvalue weighted by atomic mass is 16.2. The van der Waals surface area contributed by atoms with Crippen molar-refractivity contribution >= 4 is 23.4 Å². The molecule has 2 aromatic rings. The number of nitrogens with zero attached hydrogens (tertiary/aromatic N) is 4. The van der Waals surface area contributed by atoms with Crippen LogP contribution in [0.1, 0.15) is 42.5 Å². The molecule has 138 valence electrons. The number of amides is 1. The van der Waals surface area contributed by atoms with E-state index in [0.29, 0.717) is 17.6 Å². The van der Waals surface area contributed by atoms with Gasteiger partial charge in [-0.05, 0) is 43.2 Å². The molecule has 6 nitrogen and oxygen atoms in total. The van der Waals surface area contributed by atoms with E-state index in [2.05, 4.69) is 27.2 Å². The minimum atomic E-state index is -0.0103. The lowest BCUT2D eigenvalue weighted by atomic mass is 9.94. The van der Waals surface area contributed by atoms with E-state index >= 15 is 0 Å². The summed E-state index contributed by atoms with van der Waals surface area (Å²) in [7, 11) is 5.61. The summed E-state index contributed by atoms with van der Waals surface area (Å²) >= 11 is 0. The fourth-order valence-corrected chi connectivity index (χ4v) is 3.34. The largest absolute Gasteiger partial charge is 0.357 e. The van der Waals surface area contributed by atoms with Gasteiger partial charge in [-0.1, -0.05) is 19.3 Å². The lowest BCUT2D eigenvalue weighted by Crippen LogP contribution is -2.34. The maximum Gasteiger partial charge on any atom is 0.253 e. The molecule has 1 aliphatic carbocycles. The van der Waals surface area contributed by atoms with Crippen molar-refractivity contribution in [2.75, 3.05) is 31.4 Å². The summed E-state index contributed by atoms with van der Waals surface area (Å²) in [6.07, 6.45) is 8.17. The molecule has 1 N–H and O–H groups in total. The minimum absolute atomic E-state index is 0.0103. The van der Waals surface area contributed by atoms with Crippen molar-refractivity contribution in [2.24, 2.45) is 0 Å². The van der Waals surface area contributed by atoms with Crippen molar-refractivity contribution in [3.8, 4) is 0 Å². The zero-order valence-corrected chi connectivity index (χ0v) is 15.8. The fraction of sp³-hybridized carbons (Fsp3) is 0.450. The van der Waals surface area contributed by atoms with E-state index in [9.17, 15) is 4.79 Å². The quantitative estimate of drug-likeness (QED) is 0.888. The summed E-state index contributed by atoms with van der Waals surface area (Å²) < 4.78 is 0. The summed E-state index contributed by atoms with van der Waals surface area (Å²) in [6, 6.07) is 9.88. The maximum atomic E-state index is 12.0. The first-order valence-electron chi connectivity index (χ1n) is 9.19. The van der Waals surface area contributed by atoms with Gasteiger partial charge in [0.25, 0.3) is 5.91 Å². The molecule has 1 aromatic carbocycles. The number of hydrogen-bond acceptors (Lipinski definition) is 5. The molecule has 0 unspecified atom stereocenters. The standard InChI is InChI=1S/C20H27N5O/c1-24(2)19(26)15-9-11-16(12-10-15)22-20-21-14-13-18(23-20)25(3)17-7-5-4-6-8-17/h9-14,17H,4-8H2,1-3H3,(H,21,22,23). The Morgan fingerprint density at radius 3 is 2.38 bits per heavy atom. The number of benzene rings is 1. The Kier molecular flexibility index (Phi) is 5.71. The highest BCUT2D eigenvalue weighted by molar-refractivity contribution is 5.94. The second-order valence-electron chi connectivity index (χ2n) is 7.04. The summed E-state index contributed by atoms with van der Waals surface area (Å²) in [5, 5.41) is 3.22. The van der Waals surface area contributed by atoms with E-state index in [1.807, 2.05) is 30.3 Å². The van der Waals surface area contributed by atoms with Gasteiger partial charge in [-0.25, -0.2) is 4.98 Å². The van der Waals surface area contributed by atoms with Crippen LogP contribution in [0, 0.1) is 0 Å². The third kappa shape index (κ3) is 4.31. The Labute approximate surface area is 155 Å². The maximum absolute atomic E-state index is 12.0. The molecule has 3 rings (SSSR count). The van der Waals surface area contributed by atoms with E-state index in [4.69, 9.17) is 0 Å². The van der Waals surface area contributed by atoms with Gasteiger partial charge in [0.2, 0.25) is 5.95 Å². The molecule has 1 fully saturated rings. The van der Waals surface area contributed by atoms with Gasteiger partial charge in [0.05, 0.1) is 0 Å². The van der Waals surface area contributed by atoms with Gasteiger partial charge >= 0.3 is 0 Å². The molecule has 0 atom stereocenters. The normalized spacial score (nSPS) is 14.7. The SMILES string of the molecule is CN(C)C(=O)c1ccc(Nc2nccc(N(C)C3CCCCC3)n2)cc1. The summed E-state index contributed by atoms with van der Waals surface area (Å²) in [5.74, 6) is 1.49. The zero-order valence-electron chi connectivity index (χ0n) is 15.8. The molecule has 0 saturated heterocycles. The molecule has 0 aliphatic heterocycles. The summed E-state index contributed by atoms with van der Waals surface area (Å²) in [5.41, 5.74) is 1.52. The van der Waals surface area contributed by atoms with Crippen LogP contribution in [0.3, 0.4) is 0 Å². The number of aromatic nitrogens is 2. The van der Waals surface area contributed by atoms with Crippen LogP contribution < -0.4 is 10.2 Å². The highest BCUT2D eigenvalue weighted by Gasteiger charge is 2.19. The van der Waals surface area contributed by atoms with Gasteiger partial charge in [0.1, 0.15) is 5.82 Å². The molecular weight excluding hydrogens is 326 g/mol. The predicted molar refractivity (Wildman–Crippen MR) is 105 cm³/mol. The van der Waals surface area contributed by atoms with Gasteiger partial charge in [0, 0.05) is 44.6 Å². The van der Waals surface area contributed by atoms with Crippen molar-refractivity contribution in [3.63, 3.8) is 0 Å². The van der Waals surface area contributed by atoms with Crippen LogP contribution in [0.15, 0.2) is 36.5 Å². The van der Waals surface area contributed by atoms with Crippen LogP contribution in [0.25, 0.3) is 0 Å². The van der Waals surface area contributed by atoms with Gasteiger partial charge in [-0.2, -0.15) is 4.98 Å². The van der Waals surface area contributed by atoms with Crippen molar-refractivity contribution in [2.45, 2.75) is 38.1 Å². The van der Waals surface area contributed by atoms with Crippen molar-refractivity contribution < 1.29 is 4.79 Å². The summed E-state index contributed by atoms with van der Waals surface area (Å²) in [6.45, 7) is 0. The van der Waals surface area contributed by atoms with Crippen LogP contribution in [0.4, 0.5) is 17.5 Å². The molecule has 1 aromatic heterocycles. The smallest absolute Gasteiger partial charge is 0.253 e. The average Bonchev–Trinajstić information content (AvgIpc) is 2.68. The lowest BCUT2D eigenvalue weighted by Gasteiger charge is -2.32. The molecule has 6 heteroatoms. The molecule has 1 amide bonds. The van der Waals surface area contributed by atoms with Gasteiger partial charge in [-0.3, -0.25) is 4.79 Å². The van der Waals surface area contributed by atoms with E-state index in [-0.39, 0.29) is 5.91 Å². The topological polar surface area (TPSA) is 61.4 Å². The first-order chi connectivity index (χ1) is 12.5. The predicted octanol–water partition coefficient (Wildman–Crippen LogP) is 3.69. The monoisotopic (exact) mass is 353 g/mol. The molecule has 0 bridgehead atoms. The van der Waals surface area contributed by atoms with E-state index in [1.54, 1.807) is 25.2 Å². The van der Waals surface area contributed by atoms with Crippen molar-refractivity contribution in [3.05, 3.63) is 42.1 Å². The molecule has 0 radical (unpaired) electrons. The number of carbonyl (C=O) groups excluding carboxylic acids is 1. The molecule has 1 saturated carbocycles. The van der Waals surface area contributed by atoms with Gasteiger partial charge in [0.15, 0.2) is 0 Å². The molecule has 1 aliphatic rings. The fourth-order valence-electron chi connectivity index (χ4n) is 3.34. The van der Waals surface area contributed by atoms with Crippen molar-refractivity contribution in [1.29, 1.82) is 0 Å². The number of rotatable bonds is 5. The lowest BCUT2D eigenvalue weighted by molar-refractivity contribution is 0.0827. The zero-order chi connectivity index (χ0) is 18.5. The Balaban J connectivity index is 1.69. The van der Waals surface area contributed by atoms with E-state index < -0.39 is 0 Å². The molecule has 0 spiro atoms. The van der Waals surface area contributed by atoms with E-state index in [1.165, 1.54) is 32.1 Å². The average molecular weight is 353 g/mol. The highest BCUT2D eigenvalue weighted by Crippen LogP contribution is 2.25. The van der Waals surface area contributed by atoms with Crippen LogP contribution >= 0.6 is 0 Å². The van der Waals surface area contributed by atoms with Crippen LogP contribution in [-0.4, -0.2) is 48.0 Å². The van der Waals surface area contributed by atoms with Gasteiger partial charge in [-0.15, -0.1) is 0 Å². The molecule has 26 heavy (non-hydrogen) atoms. The first-order valence-corrected chi connectivity index (χ1v) is 9.19. The van der Waals surface area contributed by atoms with Crippen LogP contribution in [0.5, 0.6) is 0 Å². The Morgan fingerprint density at radius 2 is 1.73 bits per heavy atom. The minimum Gasteiger partial charge on any atom is -0.357 e. The first kappa shape index (κ1) is 18.2. The molecule has 1 heterocycles. The van der Waals surface area contributed by atoms with Crippen molar-refractivity contribution in [1.82, 2.24) is 14.9 Å². The molecular formula is C20H27N5O. The van der Waals surface area contributed by atoms with Crippen LogP contribution in [-0.2, 0) is 0 Å². The summed E-state index contributed by atoms with van der Waals surface area (Å²) in [4.78, 5) is 24.8. The third-order valence-electron chi connectivity index (χ3n) is 4.92. The third-order valence-corrected chi connectivity index (χ3v) is 4.92. The van der Waals surface area contributed by atoms with E-state index in [0.717, 1.165) is 11.5 Å². The van der Waals surface area contributed by atoms with Gasteiger partial charge < -0.3 is 15.1 Å². The Bertz CT molecular complexity index is 738.